The molecule has 5 nitrogen and oxygen atoms in total. The molecule has 1 aromatic rings. The van der Waals surface area contributed by atoms with Crippen molar-refractivity contribution in [3.63, 3.8) is 0 Å². The molecule has 0 amide bonds. The Kier molecular flexibility index (Phi) is 11.7. The molecule has 0 atom stereocenters. The van der Waals surface area contributed by atoms with E-state index in [1.54, 1.807) is 12.2 Å². The monoisotopic (exact) mass is 282 g/mol. The topological polar surface area (TPSA) is 57.3 Å². The zero-order valence-electron chi connectivity index (χ0n) is 12.1. The zero-order valence-corrected chi connectivity index (χ0v) is 12.1. The van der Waals surface area contributed by atoms with Gasteiger partial charge in [-0.25, -0.2) is 9.13 Å². The number of aryl methyl sites for hydroxylation is 2. The first kappa shape index (κ1) is 18.6. The maximum absolute atomic E-state index is 5.35. The van der Waals surface area contributed by atoms with E-state index in [1.165, 1.54) is 0 Å². The van der Waals surface area contributed by atoms with Crippen molar-refractivity contribution in [2.45, 2.75) is 25.9 Å². The van der Waals surface area contributed by atoms with Crippen LogP contribution in [-0.2, 0) is 22.6 Å². The molecular formula is C15H26N2O3. The van der Waals surface area contributed by atoms with Crippen molar-refractivity contribution in [2.24, 2.45) is 0 Å². The molecule has 20 heavy (non-hydrogen) atoms. The van der Waals surface area contributed by atoms with E-state index in [2.05, 4.69) is 41.0 Å². The van der Waals surface area contributed by atoms with Gasteiger partial charge in [-0.05, 0) is 0 Å². The summed E-state index contributed by atoms with van der Waals surface area (Å²) in [5.41, 5.74) is 0. The molecule has 1 N–H and O–H groups in total. The number of hydrogen-bond acceptors (Lipinski definition) is 3. The van der Waals surface area contributed by atoms with Crippen molar-refractivity contribution in [1.82, 2.24) is 4.57 Å². The Labute approximate surface area is 121 Å². The van der Waals surface area contributed by atoms with E-state index in [0.717, 1.165) is 39.1 Å². The van der Waals surface area contributed by atoms with Gasteiger partial charge >= 0.3 is 0 Å². The molecule has 0 spiro atoms. The van der Waals surface area contributed by atoms with Gasteiger partial charge in [0.25, 0.3) is 0 Å². The minimum Gasteiger partial charge on any atom is -0.870 e. The predicted molar refractivity (Wildman–Crippen MR) is 77.8 cm³/mol. The predicted octanol–water partition coefficient (Wildman–Crippen LogP) is 1.78. The fourth-order valence-electron chi connectivity index (χ4n) is 1.73. The van der Waals surface area contributed by atoms with Gasteiger partial charge in [-0.2, -0.15) is 0 Å². The molecule has 1 rings (SSSR count). The molecule has 114 valence electrons. The van der Waals surface area contributed by atoms with Crippen LogP contribution in [0.4, 0.5) is 0 Å². The molecule has 5 heteroatoms. The average molecular weight is 282 g/mol. The lowest BCUT2D eigenvalue weighted by molar-refractivity contribution is -0.697. The maximum atomic E-state index is 5.35. The molecule has 0 bridgehead atoms. The molecule has 0 fully saturated rings. The van der Waals surface area contributed by atoms with Crippen LogP contribution in [-0.4, -0.2) is 36.5 Å². The largest absolute Gasteiger partial charge is 0.870 e. The molecular weight excluding hydrogens is 256 g/mol. The first-order valence-corrected chi connectivity index (χ1v) is 6.79. The van der Waals surface area contributed by atoms with Crippen molar-refractivity contribution < 1.29 is 19.5 Å². The summed E-state index contributed by atoms with van der Waals surface area (Å²) in [4.78, 5) is 0. The van der Waals surface area contributed by atoms with Crippen LogP contribution in [0.15, 0.2) is 44.0 Å². The van der Waals surface area contributed by atoms with Gasteiger partial charge in [0, 0.05) is 12.8 Å². The van der Waals surface area contributed by atoms with E-state index in [9.17, 15) is 0 Å². The lowest BCUT2D eigenvalue weighted by Crippen LogP contribution is -2.31. The molecule has 0 aliphatic heterocycles. The van der Waals surface area contributed by atoms with Crippen LogP contribution in [0, 0.1) is 0 Å². The summed E-state index contributed by atoms with van der Waals surface area (Å²) in [6.45, 7) is 12.0. The molecule has 0 aliphatic carbocycles. The standard InChI is InChI=1S/C15H25N2O2.H2O/c1-3-11-18-13-5-7-16-9-10-17(15-16)8-6-14-19-12-4-2;/h3-4,9-10,15H,1-2,5-8,11-14H2;1H2/q+1;/p-1. The van der Waals surface area contributed by atoms with Crippen molar-refractivity contribution in [3.05, 3.63) is 44.0 Å². The molecule has 1 aromatic heterocycles. The zero-order chi connectivity index (χ0) is 13.8. The van der Waals surface area contributed by atoms with Crippen LogP contribution in [0.1, 0.15) is 12.8 Å². The molecule has 0 saturated carbocycles. The van der Waals surface area contributed by atoms with Gasteiger partial charge in [0.05, 0.1) is 39.5 Å². The van der Waals surface area contributed by atoms with Crippen LogP contribution >= 0.6 is 0 Å². The summed E-state index contributed by atoms with van der Waals surface area (Å²) in [7, 11) is 0. The van der Waals surface area contributed by atoms with E-state index in [0.29, 0.717) is 13.2 Å². The van der Waals surface area contributed by atoms with Gasteiger partial charge in [0.2, 0.25) is 6.33 Å². The van der Waals surface area contributed by atoms with Gasteiger partial charge in [-0.15, -0.1) is 13.2 Å². The second-order valence-corrected chi connectivity index (χ2v) is 4.32. The smallest absolute Gasteiger partial charge is 0.243 e. The Balaban J connectivity index is 0.00000361. The van der Waals surface area contributed by atoms with E-state index in [4.69, 9.17) is 9.47 Å². The van der Waals surface area contributed by atoms with Crippen molar-refractivity contribution in [3.8, 4) is 0 Å². The minimum atomic E-state index is 0. The number of rotatable bonds is 12. The van der Waals surface area contributed by atoms with Crippen LogP contribution in [0.2, 0.25) is 0 Å². The number of hydrogen-bond donors (Lipinski definition) is 0. The normalized spacial score (nSPS) is 10.0. The van der Waals surface area contributed by atoms with Crippen LogP contribution < -0.4 is 4.57 Å². The summed E-state index contributed by atoms with van der Waals surface area (Å²) in [6.07, 6.45) is 11.9. The highest BCUT2D eigenvalue weighted by atomic mass is 16.5. The van der Waals surface area contributed by atoms with Crippen LogP contribution in [0.3, 0.4) is 0 Å². The fourth-order valence-corrected chi connectivity index (χ4v) is 1.73. The minimum absolute atomic E-state index is 0. The molecule has 0 aliphatic rings. The first-order chi connectivity index (χ1) is 9.36. The van der Waals surface area contributed by atoms with Gasteiger partial charge in [-0.1, -0.05) is 12.2 Å². The fraction of sp³-hybridized carbons (Fsp3) is 0.533. The second kappa shape index (κ2) is 12.6. The summed E-state index contributed by atoms with van der Waals surface area (Å²) in [5, 5.41) is 0. The molecule has 0 saturated heterocycles. The molecule has 0 unspecified atom stereocenters. The summed E-state index contributed by atoms with van der Waals surface area (Å²) in [6, 6.07) is 0. The highest BCUT2D eigenvalue weighted by Crippen LogP contribution is 1.92. The summed E-state index contributed by atoms with van der Waals surface area (Å²) >= 11 is 0. The SMILES string of the molecule is C=CCOCCCn1cc[n+](CCCOCC=C)c1.[OH-]. The van der Waals surface area contributed by atoms with Gasteiger partial charge in [0.15, 0.2) is 0 Å². The second-order valence-electron chi connectivity index (χ2n) is 4.32. The van der Waals surface area contributed by atoms with Crippen molar-refractivity contribution >= 4 is 0 Å². The Morgan fingerprint density at radius 1 is 1.05 bits per heavy atom. The summed E-state index contributed by atoms with van der Waals surface area (Å²) in [5.74, 6) is 0. The molecule has 0 radical (unpaired) electrons. The molecule has 0 aromatic carbocycles. The van der Waals surface area contributed by atoms with Gasteiger partial charge in [-0.3, -0.25) is 0 Å². The van der Waals surface area contributed by atoms with Crippen molar-refractivity contribution in [2.75, 3.05) is 26.4 Å². The number of nitrogens with zero attached hydrogens (tertiary/aromatic N) is 2. The van der Waals surface area contributed by atoms with E-state index in [1.807, 2.05) is 0 Å². The third-order valence-corrected chi connectivity index (χ3v) is 2.63. The average Bonchev–Trinajstić information content (AvgIpc) is 2.86. The quantitative estimate of drug-likeness (QED) is 0.333. The molecule has 1 heterocycles. The maximum Gasteiger partial charge on any atom is 0.243 e. The number of imidazole rings is 1. The Hall–Kier alpha value is -1.43. The number of ether oxygens (including phenoxy) is 2. The van der Waals surface area contributed by atoms with Crippen LogP contribution in [0.5, 0.6) is 0 Å². The third kappa shape index (κ3) is 8.63. The Morgan fingerprint density at radius 3 is 2.35 bits per heavy atom. The van der Waals surface area contributed by atoms with E-state index < -0.39 is 0 Å². The summed E-state index contributed by atoms with van der Waals surface area (Å²) < 4.78 is 15.1. The van der Waals surface area contributed by atoms with Gasteiger partial charge in [0.1, 0.15) is 12.4 Å². The first-order valence-electron chi connectivity index (χ1n) is 6.79. The lowest BCUT2D eigenvalue weighted by Gasteiger charge is -1.99. The van der Waals surface area contributed by atoms with E-state index >= 15 is 0 Å². The van der Waals surface area contributed by atoms with Crippen LogP contribution in [0.25, 0.3) is 0 Å². The van der Waals surface area contributed by atoms with Gasteiger partial charge < -0.3 is 14.9 Å². The number of aromatic nitrogens is 2. The highest BCUT2D eigenvalue weighted by Gasteiger charge is 2.03. The lowest BCUT2D eigenvalue weighted by atomic mass is 10.4. The Bertz CT molecular complexity index is 331. The Morgan fingerprint density at radius 2 is 1.70 bits per heavy atom. The van der Waals surface area contributed by atoms with Crippen molar-refractivity contribution in [1.29, 1.82) is 0 Å². The third-order valence-electron chi connectivity index (χ3n) is 2.63. The van der Waals surface area contributed by atoms with E-state index in [-0.39, 0.29) is 5.48 Å². The highest BCUT2D eigenvalue weighted by molar-refractivity contribution is 4.67.